The van der Waals surface area contributed by atoms with Crippen molar-refractivity contribution in [2.24, 2.45) is 0 Å². The van der Waals surface area contributed by atoms with Crippen LogP contribution in [0.3, 0.4) is 0 Å². The minimum atomic E-state index is -5.01. The maximum Gasteiger partial charge on any atom is 0.431 e. The molecule has 0 atom stereocenters. The summed E-state index contributed by atoms with van der Waals surface area (Å²) in [5.74, 6) is 0. The number of nitrogens with one attached hydrogen (secondary N) is 2. The van der Waals surface area contributed by atoms with Crippen molar-refractivity contribution >= 4 is 57.6 Å². The molecule has 73 heavy (non-hydrogen) atoms. The van der Waals surface area contributed by atoms with E-state index >= 15 is 0 Å². The Hall–Kier alpha value is -8.02. The molecule has 0 aliphatic carbocycles. The van der Waals surface area contributed by atoms with Crippen molar-refractivity contribution in [1.29, 1.82) is 0 Å². The molecule has 6 aromatic carbocycles. The summed E-state index contributed by atoms with van der Waals surface area (Å²) in [7, 11) is -5.97. The number of pyridine rings is 2. The molecular weight excluding hydrogens is 980 g/mol. The number of aromatic amines is 2. The van der Waals surface area contributed by atoms with Gasteiger partial charge in [-0.1, -0.05) is 182 Å². The van der Waals surface area contributed by atoms with Gasteiger partial charge < -0.3 is 9.97 Å². The number of halogens is 9. The standard InChI is InChI=1S/C29H20F6N2Si.C29H23F3N2Si/c30-28(31,32)24-19-26(29(33,34)35)37-27(24)25-18-23(16-17-36-25)38(20-10-4-1-5-11-20,21-12-6-2-7-13-21)22-14-8-3-9-15-22;1-21-19-26(29(30,31)32)28(34-21)27-20-25(17-18-33-27)35(22-11-5-2-6-12-22,23-13-7-3-8-14-23)24-15-9-4-10-16-24/h1-19,37H;2-20,34H,1H3. The molecule has 10 aromatic rings. The van der Waals surface area contributed by atoms with Gasteiger partial charge in [-0.2, -0.15) is 39.5 Å². The molecule has 0 fully saturated rings. The first-order valence-corrected chi connectivity index (χ1v) is 26.9. The maximum absolute atomic E-state index is 13.9. The highest BCUT2D eigenvalue weighted by atomic mass is 28.3. The number of hydrogen-bond acceptors (Lipinski definition) is 2. The van der Waals surface area contributed by atoms with Crippen LogP contribution in [0.1, 0.15) is 22.5 Å². The highest BCUT2D eigenvalue weighted by molar-refractivity contribution is 7.20. The number of nitrogens with zero attached hydrogens (tertiary/aromatic N) is 2. The largest absolute Gasteiger partial charge is 0.431 e. The quantitative estimate of drug-likeness (QED) is 0.0815. The summed E-state index contributed by atoms with van der Waals surface area (Å²) in [6.45, 7) is 1.62. The fourth-order valence-electron chi connectivity index (χ4n) is 9.78. The topological polar surface area (TPSA) is 57.4 Å². The van der Waals surface area contributed by atoms with Crippen LogP contribution in [0.15, 0.2) is 231 Å². The van der Waals surface area contributed by atoms with Crippen LogP contribution in [0.5, 0.6) is 0 Å². The summed E-state index contributed by atoms with van der Waals surface area (Å²) in [5.41, 5.74) is -3.82. The second-order valence-corrected chi connectivity index (χ2v) is 24.9. The van der Waals surface area contributed by atoms with E-state index in [0.717, 1.165) is 42.4 Å². The number of aromatic nitrogens is 4. The van der Waals surface area contributed by atoms with Gasteiger partial charge in [0.05, 0.1) is 33.9 Å². The predicted octanol–water partition coefficient (Wildman–Crippen LogP) is 10.3. The van der Waals surface area contributed by atoms with Crippen LogP contribution in [0.2, 0.25) is 0 Å². The van der Waals surface area contributed by atoms with E-state index in [1.165, 1.54) is 12.3 Å². The molecule has 4 nitrogen and oxygen atoms in total. The van der Waals surface area contributed by atoms with Gasteiger partial charge in [0, 0.05) is 18.1 Å². The van der Waals surface area contributed by atoms with Gasteiger partial charge in [-0.25, -0.2) is 0 Å². The van der Waals surface area contributed by atoms with E-state index in [2.05, 4.69) is 51.4 Å². The van der Waals surface area contributed by atoms with Crippen molar-refractivity contribution in [1.82, 2.24) is 19.9 Å². The Kier molecular flexibility index (Phi) is 13.8. The first kappa shape index (κ1) is 49.9. The number of alkyl halides is 9. The Balaban J connectivity index is 0.000000180. The summed E-state index contributed by atoms with van der Waals surface area (Å²) in [4.78, 5) is 13.3. The molecule has 10 rings (SSSR count). The lowest BCUT2D eigenvalue weighted by Crippen LogP contribution is -2.74. The van der Waals surface area contributed by atoms with Gasteiger partial charge in [0.25, 0.3) is 0 Å². The first-order chi connectivity index (χ1) is 35.0. The monoisotopic (exact) mass is 1020 g/mol. The highest BCUT2D eigenvalue weighted by Gasteiger charge is 2.45. The van der Waals surface area contributed by atoms with E-state index in [1.54, 1.807) is 19.2 Å². The van der Waals surface area contributed by atoms with E-state index < -0.39 is 57.2 Å². The van der Waals surface area contributed by atoms with Crippen LogP contribution in [0, 0.1) is 6.92 Å². The number of aryl methyl sites for hydroxylation is 1. The molecule has 0 spiro atoms. The Bertz CT molecular complexity index is 3230. The smallest absolute Gasteiger partial charge is 0.357 e. The molecule has 2 N–H and O–H groups in total. The molecule has 0 saturated heterocycles. The van der Waals surface area contributed by atoms with Crippen LogP contribution >= 0.6 is 0 Å². The lowest BCUT2D eigenvalue weighted by Gasteiger charge is -2.34. The summed E-state index contributed by atoms with van der Waals surface area (Å²) >= 11 is 0. The summed E-state index contributed by atoms with van der Waals surface area (Å²) < 4.78 is 123. The molecule has 0 radical (unpaired) electrons. The highest BCUT2D eigenvalue weighted by Crippen LogP contribution is 2.41. The third kappa shape index (κ3) is 9.85. The van der Waals surface area contributed by atoms with Crippen molar-refractivity contribution < 1.29 is 39.5 Å². The minimum absolute atomic E-state index is 0.00562. The number of benzene rings is 6. The van der Waals surface area contributed by atoms with E-state index in [-0.39, 0.29) is 23.1 Å². The molecule has 0 bridgehead atoms. The van der Waals surface area contributed by atoms with Crippen LogP contribution in [-0.2, 0) is 18.5 Å². The fraction of sp³-hybridized carbons (Fsp3) is 0.0690. The zero-order chi connectivity index (χ0) is 51.4. The Morgan fingerprint density at radius 3 is 0.904 bits per heavy atom. The van der Waals surface area contributed by atoms with Crippen LogP contribution in [0.4, 0.5) is 39.5 Å². The molecule has 0 unspecified atom stereocenters. The van der Waals surface area contributed by atoms with E-state index in [9.17, 15) is 39.5 Å². The minimum Gasteiger partial charge on any atom is -0.357 e. The van der Waals surface area contributed by atoms with Gasteiger partial charge in [-0.05, 0) is 84.8 Å². The molecular formula is C58H43F9N4Si2. The molecule has 366 valence electrons. The van der Waals surface area contributed by atoms with Crippen molar-refractivity contribution in [3.05, 3.63) is 253 Å². The van der Waals surface area contributed by atoms with Crippen molar-refractivity contribution in [2.75, 3.05) is 0 Å². The molecule has 0 amide bonds. The lowest BCUT2D eigenvalue weighted by molar-refractivity contribution is -0.142. The van der Waals surface area contributed by atoms with Crippen LogP contribution < -0.4 is 41.5 Å². The van der Waals surface area contributed by atoms with Gasteiger partial charge in [-0.15, -0.1) is 0 Å². The third-order valence-electron chi connectivity index (χ3n) is 12.8. The van der Waals surface area contributed by atoms with Gasteiger partial charge in [0.15, 0.2) is 16.1 Å². The molecule has 0 aliphatic heterocycles. The van der Waals surface area contributed by atoms with Crippen molar-refractivity contribution in [3.8, 4) is 22.8 Å². The number of rotatable bonds is 10. The van der Waals surface area contributed by atoms with E-state index in [4.69, 9.17) is 0 Å². The normalized spacial score (nSPS) is 12.2. The van der Waals surface area contributed by atoms with Gasteiger partial charge >= 0.3 is 18.5 Å². The summed E-state index contributed by atoms with van der Waals surface area (Å²) in [6.07, 6.45) is -11.5. The number of hydrogen-bond donors (Lipinski definition) is 2. The van der Waals surface area contributed by atoms with Gasteiger partial charge in [-0.3, -0.25) is 9.97 Å². The zero-order valence-electron chi connectivity index (χ0n) is 38.7. The molecule has 4 heterocycles. The van der Waals surface area contributed by atoms with Gasteiger partial charge in [0.1, 0.15) is 5.69 Å². The molecule has 4 aromatic heterocycles. The summed E-state index contributed by atoms with van der Waals surface area (Å²) in [6, 6.07) is 67.9. The fourth-order valence-corrected chi connectivity index (χ4v) is 19.3. The SMILES string of the molecule is Cc1cc(C(F)(F)F)c(-c2cc([Si](c3ccccc3)(c3ccccc3)c3ccccc3)ccn2)[nH]1.FC(F)(F)c1cc(C(F)(F)F)c(-c2cc([Si](c3ccccc3)(c3ccccc3)c3ccccc3)ccn2)[nH]1. The van der Waals surface area contributed by atoms with Gasteiger partial charge in [0.2, 0.25) is 0 Å². The maximum atomic E-state index is 13.9. The average molecular weight is 1020 g/mol. The zero-order valence-corrected chi connectivity index (χ0v) is 40.7. The average Bonchev–Trinajstić information content (AvgIpc) is 4.06. The molecule has 15 heteroatoms. The van der Waals surface area contributed by atoms with Crippen molar-refractivity contribution in [3.63, 3.8) is 0 Å². The Morgan fingerprint density at radius 2 is 0.616 bits per heavy atom. The Morgan fingerprint density at radius 1 is 0.329 bits per heavy atom. The molecule has 0 saturated carbocycles. The van der Waals surface area contributed by atoms with Crippen LogP contribution in [-0.4, -0.2) is 36.1 Å². The first-order valence-electron chi connectivity index (χ1n) is 22.9. The van der Waals surface area contributed by atoms with Crippen LogP contribution in [0.25, 0.3) is 22.8 Å². The Labute approximate surface area is 417 Å². The summed E-state index contributed by atoms with van der Waals surface area (Å²) in [5, 5.41) is 7.98. The third-order valence-corrected chi connectivity index (χ3v) is 22.4. The van der Waals surface area contributed by atoms with Crippen molar-refractivity contribution in [2.45, 2.75) is 25.5 Å². The lowest BCUT2D eigenvalue weighted by atomic mass is 10.1. The van der Waals surface area contributed by atoms with E-state index in [0.29, 0.717) is 10.9 Å². The predicted molar refractivity (Wildman–Crippen MR) is 275 cm³/mol. The van der Waals surface area contributed by atoms with E-state index in [1.807, 2.05) is 163 Å². The second kappa shape index (κ2) is 20.2. The second-order valence-electron chi connectivity index (χ2n) is 17.3. The molecule has 0 aliphatic rings. The number of H-pyrrole nitrogens is 2.